The third-order valence-corrected chi connectivity index (χ3v) is 5.19. The first kappa shape index (κ1) is 21.5. The van der Waals surface area contributed by atoms with Crippen LogP contribution in [0.3, 0.4) is 0 Å². The fourth-order valence-corrected chi connectivity index (χ4v) is 3.67. The Balaban J connectivity index is 1.81. The lowest BCUT2D eigenvalue weighted by Crippen LogP contribution is -2.32. The number of nitrogens with one attached hydrogen (secondary N) is 2. The predicted molar refractivity (Wildman–Crippen MR) is 118 cm³/mol. The Labute approximate surface area is 177 Å². The Morgan fingerprint density at radius 2 is 1.77 bits per heavy atom. The van der Waals surface area contributed by atoms with E-state index in [0.29, 0.717) is 29.3 Å². The van der Waals surface area contributed by atoms with Gasteiger partial charge in [0.15, 0.2) is 0 Å². The van der Waals surface area contributed by atoms with Crippen LogP contribution in [0.4, 0.5) is 11.4 Å². The molecule has 2 N–H and O–H groups in total. The smallest absolute Gasteiger partial charge is 0.253 e. The fourth-order valence-electron chi connectivity index (χ4n) is 3.67. The highest BCUT2D eigenvalue weighted by atomic mass is 16.5. The molecule has 7 nitrogen and oxygen atoms in total. The molecule has 0 bridgehead atoms. The molecule has 2 amide bonds. The van der Waals surface area contributed by atoms with Gasteiger partial charge in [0.25, 0.3) is 5.91 Å². The molecule has 0 spiro atoms. The van der Waals surface area contributed by atoms with Crippen molar-refractivity contribution in [2.24, 2.45) is 0 Å². The predicted octanol–water partition coefficient (Wildman–Crippen LogP) is 3.58. The van der Waals surface area contributed by atoms with E-state index in [1.165, 1.54) is 13.3 Å². The number of amides is 2. The van der Waals surface area contributed by atoms with Gasteiger partial charge in [0.05, 0.1) is 25.5 Å². The molecule has 0 saturated carbocycles. The molecule has 2 aromatic carbocycles. The van der Waals surface area contributed by atoms with Crippen LogP contribution in [0.2, 0.25) is 0 Å². The van der Waals surface area contributed by atoms with Gasteiger partial charge in [-0.25, -0.2) is 0 Å². The van der Waals surface area contributed by atoms with E-state index < -0.39 is 0 Å². The van der Waals surface area contributed by atoms with Crippen LogP contribution >= 0.6 is 0 Å². The highest BCUT2D eigenvalue weighted by Gasteiger charge is 2.20. The molecule has 1 heterocycles. The standard InChI is InChI=1S/C23H29N3O4/c1-16(27)25-18-8-10-20(21(13-18)26-11-5-4-6-12-26)23(28)24-15-17-7-9-19(29-2)14-22(17)30-3/h7-10,13-14H,4-6,11-12,15H2,1-3H3,(H,24,28)(H,25,27). The van der Waals surface area contributed by atoms with Gasteiger partial charge < -0.3 is 25.0 Å². The van der Waals surface area contributed by atoms with Crippen molar-refractivity contribution in [3.8, 4) is 11.5 Å². The van der Waals surface area contributed by atoms with Crippen LogP contribution < -0.4 is 25.0 Å². The highest BCUT2D eigenvalue weighted by Crippen LogP contribution is 2.29. The third-order valence-electron chi connectivity index (χ3n) is 5.19. The molecule has 0 aliphatic carbocycles. The molecule has 0 atom stereocenters. The van der Waals surface area contributed by atoms with Gasteiger partial charge in [-0.1, -0.05) is 0 Å². The number of carbonyl (C=O) groups excluding carboxylic acids is 2. The summed E-state index contributed by atoms with van der Waals surface area (Å²) in [5.74, 6) is 1.06. The van der Waals surface area contributed by atoms with Crippen LogP contribution in [0.15, 0.2) is 36.4 Å². The second kappa shape index (κ2) is 10.0. The zero-order valence-corrected chi connectivity index (χ0v) is 17.8. The number of methoxy groups -OCH3 is 2. The molecule has 1 fully saturated rings. The minimum absolute atomic E-state index is 0.136. The number of piperidine rings is 1. The Bertz CT molecular complexity index is 907. The molecular formula is C23H29N3O4. The van der Waals surface area contributed by atoms with Crippen molar-refractivity contribution in [3.05, 3.63) is 47.5 Å². The molecule has 0 unspecified atom stereocenters. The van der Waals surface area contributed by atoms with Gasteiger partial charge in [-0.15, -0.1) is 0 Å². The summed E-state index contributed by atoms with van der Waals surface area (Å²) >= 11 is 0. The summed E-state index contributed by atoms with van der Waals surface area (Å²) in [4.78, 5) is 26.7. The van der Waals surface area contributed by atoms with E-state index in [4.69, 9.17) is 9.47 Å². The van der Waals surface area contributed by atoms with Gasteiger partial charge in [0.2, 0.25) is 5.91 Å². The molecule has 1 aliphatic heterocycles. The second-order valence-corrected chi connectivity index (χ2v) is 7.32. The molecule has 2 aromatic rings. The molecule has 0 radical (unpaired) electrons. The normalized spacial score (nSPS) is 13.5. The Hall–Kier alpha value is -3.22. The molecule has 30 heavy (non-hydrogen) atoms. The minimum atomic E-state index is -0.164. The summed E-state index contributed by atoms with van der Waals surface area (Å²) in [7, 11) is 3.19. The number of benzene rings is 2. The zero-order valence-electron chi connectivity index (χ0n) is 17.8. The Kier molecular flexibility index (Phi) is 7.17. The van der Waals surface area contributed by atoms with Crippen molar-refractivity contribution >= 4 is 23.2 Å². The summed E-state index contributed by atoms with van der Waals surface area (Å²) in [6.45, 7) is 3.61. The maximum Gasteiger partial charge on any atom is 0.253 e. The van der Waals surface area contributed by atoms with E-state index in [0.717, 1.165) is 37.2 Å². The SMILES string of the molecule is COc1ccc(CNC(=O)c2ccc(NC(C)=O)cc2N2CCCCC2)c(OC)c1. The monoisotopic (exact) mass is 411 g/mol. The first-order chi connectivity index (χ1) is 14.5. The van der Waals surface area contributed by atoms with Crippen LogP contribution in [-0.4, -0.2) is 39.1 Å². The van der Waals surface area contributed by atoms with Gasteiger partial charge >= 0.3 is 0 Å². The first-order valence-electron chi connectivity index (χ1n) is 10.2. The number of anilines is 2. The molecule has 3 rings (SSSR count). The van der Waals surface area contributed by atoms with Crippen molar-refractivity contribution in [1.29, 1.82) is 0 Å². The largest absolute Gasteiger partial charge is 0.497 e. The summed E-state index contributed by atoms with van der Waals surface area (Å²) in [6.07, 6.45) is 3.38. The first-order valence-corrected chi connectivity index (χ1v) is 10.2. The van der Waals surface area contributed by atoms with Crippen molar-refractivity contribution < 1.29 is 19.1 Å². The van der Waals surface area contributed by atoms with Crippen LogP contribution in [0.1, 0.15) is 42.1 Å². The third kappa shape index (κ3) is 5.23. The topological polar surface area (TPSA) is 79.9 Å². The lowest BCUT2D eigenvalue weighted by atomic mass is 10.1. The molecule has 1 saturated heterocycles. The van der Waals surface area contributed by atoms with Gasteiger partial charge in [-0.2, -0.15) is 0 Å². The number of carbonyl (C=O) groups is 2. The van der Waals surface area contributed by atoms with Crippen molar-refractivity contribution in [2.75, 3.05) is 37.5 Å². The van der Waals surface area contributed by atoms with Crippen LogP contribution in [0.25, 0.3) is 0 Å². The number of rotatable bonds is 7. The second-order valence-electron chi connectivity index (χ2n) is 7.32. The van der Waals surface area contributed by atoms with E-state index >= 15 is 0 Å². The Morgan fingerprint density at radius 1 is 1.00 bits per heavy atom. The van der Waals surface area contributed by atoms with Crippen LogP contribution in [0.5, 0.6) is 11.5 Å². The van der Waals surface area contributed by atoms with Crippen molar-refractivity contribution in [2.45, 2.75) is 32.7 Å². The maximum absolute atomic E-state index is 13.0. The summed E-state index contributed by atoms with van der Waals surface area (Å²) in [6, 6.07) is 10.9. The average molecular weight is 412 g/mol. The number of hydrogen-bond acceptors (Lipinski definition) is 5. The van der Waals surface area contributed by atoms with Gasteiger partial charge in [-0.05, 0) is 49.6 Å². The lowest BCUT2D eigenvalue weighted by molar-refractivity contribution is -0.114. The molecule has 7 heteroatoms. The summed E-state index contributed by atoms with van der Waals surface area (Å²) < 4.78 is 10.6. The molecule has 160 valence electrons. The van der Waals surface area contributed by atoms with Crippen molar-refractivity contribution in [3.63, 3.8) is 0 Å². The van der Waals surface area contributed by atoms with E-state index in [1.807, 2.05) is 18.2 Å². The number of ether oxygens (including phenoxy) is 2. The van der Waals surface area contributed by atoms with Crippen LogP contribution in [-0.2, 0) is 11.3 Å². The fraction of sp³-hybridized carbons (Fsp3) is 0.391. The highest BCUT2D eigenvalue weighted by molar-refractivity contribution is 6.01. The van der Waals surface area contributed by atoms with Gasteiger partial charge in [0, 0.05) is 43.9 Å². The van der Waals surface area contributed by atoms with E-state index in [-0.39, 0.29) is 11.8 Å². The van der Waals surface area contributed by atoms with Gasteiger partial charge in [-0.3, -0.25) is 9.59 Å². The lowest BCUT2D eigenvalue weighted by Gasteiger charge is -2.30. The quantitative estimate of drug-likeness (QED) is 0.728. The van der Waals surface area contributed by atoms with E-state index in [2.05, 4.69) is 15.5 Å². The maximum atomic E-state index is 13.0. The van der Waals surface area contributed by atoms with E-state index in [9.17, 15) is 9.59 Å². The van der Waals surface area contributed by atoms with Gasteiger partial charge in [0.1, 0.15) is 11.5 Å². The van der Waals surface area contributed by atoms with Crippen LogP contribution in [0, 0.1) is 0 Å². The number of hydrogen-bond donors (Lipinski definition) is 2. The summed E-state index contributed by atoms with van der Waals surface area (Å²) in [5, 5.41) is 5.80. The summed E-state index contributed by atoms with van der Waals surface area (Å²) in [5.41, 5.74) is 3.00. The average Bonchev–Trinajstić information content (AvgIpc) is 2.77. The van der Waals surface area contributed by atoms with E-state index in [1.54, 1.807) is 32.4 Å². The minimum Gasteiger partial charge on any atom is -0.497 e. The number of nitrogens with zero attached hydrogens (tertiary/aromatic N) is 1. The molecule has 1 aliphatic rings. The molecular weight excluding hydrogens is 382 g/mol. The Morgan fingerprint density at radius 3 is 2.43 bits per heavy atom. The zero-order chi connectivity index (χ0) is 21.5. The van der Waals surface area contributed by atoms with Crippen molar-refractivity contribution in [1.82, 2.24) is 5.32 Å². The molecule has 0 aromatic heterocycles.